The number of aryl methyl sites for hydroxylation is 2. The fraction of sp³-hybridized carbons (Fsp3) is 0.526. The predicted octanol–water partition coefficient (Wildman–Crippen LogP) is 0.756. The first-order valence-corrected chi connectivity index (χ1v) is 11.2. The van der Waals surface area contributed by atoms with Crippen LogP contribution < -0.4 is 4.74 Å². The highest BCUT2D eigenvalue weighted by Crippen LogP contribution is 2.32. The molecule has 4 rings (SSSR count). The molecule has 2 aliphatic rings. The molecule has 1 amide bonds. The monoisotopic (exact) mass is 436 g/mol. The van der Waals surface area contributed by atoms with Gasteiger partial charge in [0.1, 0.15) is 28.5 Å². The molecule has 0 aliphatic carbocycles. The summed E-state index contributed by atoms with van der Waals surface area (Å²) in [6.07, 6.45) is 2.94. The Balaban J connectivity index is 1.64. The van der Waals surface area contributed by atoms with Crippen molar-refractivity contribution in [1.29, 1.82) is 0 Å². The molecular weight excluding hydrogens is 412 g/mol. The van der Waals surface area contributed by atoms with Gasteiger partial charge in [-0.1, -0.05) is 5.16 Å². The Labute approximate surface area is 174 Å². The highest BCUT2D eigenvalue weighted by atomic mass is 32.2. The van der Waals surface area contributed by atoms with Crippen LogP contribution in [0.4, 0.5) is 0 Å². The van der Waals surface area contributed by atoms with Crippen LogP contribution in [-0.2, 0) is 19.6 Å². The standard InChI is InChI=1S/C19H24N4O6S/c1-13-18(14(2)29-21-13)30(25,26)23-12-16(28-15-4-3-5-20-11-15)10-17(23)19(24)22-6-8-27-9-7-22/h3-5,11,16-17H,6-10,12H2,1-2H3/t16-,17-/m0/s1. The van der Waals surface area contributed by atoms with E-state index < -0.39 is 22.2 Å². The van der Waals surface area contributed by atoms with Gasteiger partial charge in [-0.15, -0.1) is 0 Å². The van der Waals surface area contributed by atoms with Crippen molar-refractivity contribution in [3.05, 3.63) is 36.0 Å². The van der Waals surface area contributed by atoms with Crippen molar-refractivity contribution in [3.63, 3.8) is 0 Å². The van der Waals surface area contributed by atoms with E-state index in [0.717, 1.165) is 0 Å². The molecule has 0 N–H and O–H groups in total. The minimum atomic E-state index is -4.01. The summed E-state index contributed by atoms with van der Waals surface area (Å²) >= 11 is 0. The van der Waals surface area contributed by atoms with E-state index in [0.29, 0.717) is 32.1 Å². The fourth-order valence-corrected chi connectivity index (χ4v) is 5.83. The molecule has 2 fully saturated rings. The number of hydrogen-bond donors (Lipinski definition) is 0. The van der Waals surface area contributed by atoms with Crippen LogP contribution in [0.3, 0.4) is 0 Å². The van der Waals surface area contributed by atoms with E-state index in [9.17, 15) is 13.2 Å². The van der Waals surface area contributed by atoms with Crippen LogP contribution >= 0.6 is 0 Å². The molecule has 2 saturated heterocycles. The van der Waals surface area contributed by atoms with Crippen LogP contribution in [0.1, 0.15) is 17.9 Å². The Kier molecular flexibility index (Phi) is 5.76. The maximum absolute atomic E-state index is 13.5. The topological polar surface area (TPSA) is 115 Å². The van der Waals surface area contributed by atoms with Gasteiger partial charge in [-0.05, 0) is 26.0 Å². The van der Waals surface area contributed by atoms with Gasteiger partial charge in [-0.25, -0.2) is 8.42 Å². The first-order valence-electron chi connectivity index (χ1n) is 9.76. The Morgan fingerprint density at radius 2 is 2.03 bits per heavy atom. The highest BCUT2D eigenvalue weighted by molar-refractivity contribution is 7.89. The van der Waals surface area contributed by atoms with Crippen molar-refractivity contribution in [2.45, 2.75) is 37.3 Å². The third kappa shape index (κ3) is 3.92. The minimum absolute atomic E-state index is 0.00399. The number of ether oxygens (including phenoxy) is 2. The largest absolute Gasteiger partial charge is 0.487 e. The van der Waals surface area contributed by atoms with E-state index in [2.05, 4.69) is 10.1 Å². The average Bonchev–Trinajstić information content (AvgIpc) is 3.32. The zero-order valence-electron chi connectivity index (χ0n) is 16.9. The normalized spacial score (nSPS) is 22.9. The van der Waals surface area contributed by atoms with Gasteiger partial charge in [0, 0.05) is 25.7 Å². The smallest absolute Gasteiger partial charge is 0.249 e. The van der Waals surface area contributed by atoms with E-state index in [4.69, 9.17) is 14.0 Å². The van der Waals surface area contributed by atoms with Gasteiger partial charge >= 0.3 is 0 Å². The summed E-state index contributed by atoms with van der Waals surface area (Å²) in [5, 5.41) is 3.77. The molecule has 2 aromatic rings. The molecule has 0 unspecified atom stereocenters. The Bertz CT molecular complexity index is 984. The van der Waals surface area contributed by atoms with Crippen LogP contribution in [0.25, 0.3) is 0 Å². The number of amides is 1. The molecule has 2 atom stereocenters. The van der Waals surface area contributed by atoms with Gasteiger partial charge in [-0.3, -0.25) is 9.78 Å². The number of hydrogen-bond acceptors (Lipinski definition) is 8. The fourth-order valence-electron chi connectivity index (χ4n) is 3.91. The maximum Gasteiger partial charge on any atom is 0.249 e. The van der Waals surface area contributed by atoms with E-state index in [1.807, 2.05) is 0 Å². The average molecular weight is 436 g/mol. The van der Waals surface area contributed by atoms with E-state index in [1.54, 1.807) is 43.3 Å². The Morgan fingerprint density at radius 3 is 2.67 bits per heavy atom. The molecule has 30 heavy (non-hydrogen) atoms. The van der Waals surface area contributed by atoms with Crippen molar-refractivity contribution < 1.29 is 27.2 Å². The highest BCUT2D eigenvalue weighted by Gasteiger charge is 2.47. The second-order valence-electron chi connectivity index (χ2n) is 7.35. The molecule has 0 spiro atoms. The summed E-state index contributed by atoms with van der Waals surface area (Å²) in [6.45, 7) is 4.90. The zero-order valence-corrected chi connectivity index (χ0v) is 17.7. The number of carbonyl (C=O) groups excluding carboxylic acids is 1. The first-order chi connectivity index (χ1) is 14.4. The molecule has 2 aliphatic heterocycles. The lowest BCUT2D eigenvalue weighted by Gasteiger charge is -2.31. The molecule has 0 aromatic carbocycles. The molecule has 0 bridgehead atoms. The third-order valence-corrected chi connectivity index (χ3v) is 7.42. The molecule has 162 valence electrons. The molecule has 10 nitrogen and oxygen atoms in total. The summed E-state index contributed by atoms with van der Waals surface area (Å²) in [6, 6.07) is 2.61. The molecular formula is C19H24N4O6S. The number of aromatic nitrogens is 2. The van der Waals surface area contributed by atoms with Crippen molar-refractivity contribution >= 4 is 15.9 Å². The van der Waals surface area contributed by atoms with Crippen molar-refractivity contribution in [2.24, 2.45) is 0 Å². The van der Waals surface area contributed by atoms with Crippen LogP contribution in [0.15, 0.2) is 33.9 Å². The molecule has 2 aromatic heterocycles. The summed E-state index contributed by atoms with van der Waals surface area (Å²) in [5.41, 5.74) is 0.265. The quantitative estimate of drug-likeness (QED) is 0.675. The summed E-state index contributed by atoms with van der Waals surface area (Å²) in [4.78, 5) is 18.9. The minimum Gasteiger partial charge on any atom is -0.487 e. The van der Waals surface area contributed by atoms with Gasteiger partial charge in [0.25, 0.3) is 0 Å². The summed E-state index contributed by atoms with van der Waals surface area (Å²) < 4.78 is 44.5. The molecule has 11 heteroatoms. The Morgan fingerprint density at radius 1 is 1.27 bits per heavy atom. The first kappa shape index (κ1) is 20.8. The van der Waals surface area contributed by atoms with Crippen molar-refractivity contribution in [2.75, 3.05) is 32.8 Å². The van der Waals surface area contributed by atoms with Gasteiger partial charge in [0.15, 0.2) is 5.76 Å². The third-order valence-electron chi connectivity index (χ3n) is 5.30. The molecule has 0 saturated carbocycles. The summed E-state index contributed by atoms with van der Waals surface area (Å²) in [5.74, 6) is 0.476. The van der Waals surface area contributed by atoms with Crippen LogP contribution in [0, 0.1) is 13.8 Å². The maximum atomic E-state index is 13.5. The van der Waals surface area contributed by atoms with Crippen LogP contribution in [-0.4, -0.2) is 78.7 Å². The van der Waals surface area contributed by atoms with Gasteiger partial charge in [-0.2, -0.15) is 4.31 Å². The van der Waals surface area contributed by atoms with E-state index in [1.165, 1.54) is 4.31 Å². The summed E-state index contributed by atoms with van der Waals surface area (Å²) in [7, 11) is -4.01. The lowest BCUT2D eigenvalue weighted by molar-refractivity contribution is -0.138. The number of sulfonamides is 1. The lowest BCUT2D eigenvalue weighted by Crippen LogP contribution is -2.51. The van der Waals surface area contributed by atoms with Crippen molar-refractivity contribution in [3.8, 4) is 5.75 Å². The van der Waals surface area contributed by atoms with Crippen molar-refractivity contribution in [1.82, 2.24) is 19.3 Å². The van der Waals surface area contributed by atoms with Gasteiger partial charge in [0.05, 0.1) is 26.0 Å². The zero-order chi connectivity index (χ0) is 21.3. The van der Waals surface area contributed by atoms with Crippen LogP contribution in [0.2, 0.25) is 0 Å². The SMILES string of the molecule is Cc1noc(C)c1S(=O)(=O)N1C[C@@H](Oc2cccnc2)C[C@H]1C(=O)N1CCOCC1. The van der Waals surface area contributed by atoms with E-state index in [-0.39, 0.29) is 35.2 Å². The number of nitrogens with zero attached hydrogens (tertiary/aromatic N) is 4. The lowest BCUT2D eigenvalue weighted by atomic mass is 10.1. The number of rotatable bonds is 5. The second kappa shape index (κ2) is 8.32. The second-order valence-corrected chi connectivity index (χ2v) is 9.17. The van der Waals surface area contributed by atoms with Gasteiger partial charge < -0.3 is 18.9 Å². The predicted molar refractivity (Wildman–Crippen MR) is 104 cm³/mol. The molecule has 4 heterocycles. The Hall–Kier alpha value is -2.50. The number of pyridine rings is 1. The van der Waals surface area contributed by atoms with E-state index >= 15 is 0 Å². The van der Waals surface area contributed by atoms with Gasteiger partial charge in [0.2, 0.25) is 15.9 Å². The van der Waals surface area contributed by atoms with Crippen LogP contribution in [0.5, 0.6) is 5.75 Å². The number of carbonyl (C=O) groups is 1. The molecule has 0 radical (unpaired) electrons. The number of morpholine rings is 1.